The van der Waals surface area contributed by atoms with E-state index < -0.39 is 57.6 Å². The van der Waals surface area contributed by atoms with E-state index >= 15 is 4.39 Å². The van der Waals surface area contributed by atoms with Crippen LogP contribution in [0.5, 0.6) is 11.5 Å². The molecule has 46 heavy (non-hydrogen) atoms. The average Bonchev–Trinajstić information content (AvgIpc) is 3.96. The topological polar surface area (TPSA) is 142 Å². The van der Waals surface area contributed by atoms with Crippen LogP contribution in [0.2, 0.25) is 0 Å². The summed E-state index contributed by atoms with van der Waals surface area (Å²) >= 11 is 0. The van der Waals surface area contributed by atoms with Gasteiger partial charge in [-0.15, -0.1) is 0 Å². The zero-order valence-corrected chi connectivity index (χ0v) is 24.8. The van der Waals surface area contributed by atoms with Crippen LogP contribution < -0.4 is 20.5 Å². The standard InChI is InChI=1S/C32H29F4N5O5/c1-30(29(37)43)14-46-27-19(30)11-22(39-26(27)18-5-6-20(33)24(35)23(18)34)32(44,17-3-4-17)13-38-28(42)15-9-16-12-41(31(36)7-8-31)40-25(16)21(10-15)45-2/h5-6,9-12,17,44H,3-4,7-8,13-14H2,1-2H3,(H2,37,43)(H,38,42)/t30-,32?/m0/s1. The van der Waals surface area contributed by atoms with Gasteiger partial charge in [0.2, 0.25) is 11.7 Å². The number of hydrogen-bond donors (Lipinski definition) is 3. The lowest BCUT2D eigenvalue weighted by Gasteiger charge is -2.30. The van der Waals surface area contributed by atoms with Gasteiger partial charge in [0.15, 0.2) is 17.5 Å². The molecule has 3 heterocycles. The summed E-state index contributed by atoms with van der Waals surface area (Å²) in [6, 6.07) is 6.13. The number of nitrogens with one attached hydrogen (secondary N) is 1. The Kier molecular flexibility index (Phi) is 6.61. The molecule has 1 unspecified atom stereocenters. The monoisotopic (exact) mass is 639 g/mol. The second kappa shape index (κ2) is 10.1. The van der Waals surface area contributed by atoms with Crippen LogP contribution in [0.15, 0.2) is 36.5 Å². The molecule has 10 nitrogen and oxygen atoms in total. The quantitative estimate of drug-likeness (QED) is 0.185. The highest BCUT2D eigenvalue weighted by Crippen LogP contribution is 2.50. The van der Waals surface area contributed by atoms with Crippen molar-refractivity contribution in [3.05, 3.63) is 70.8 Å². The number of rotatable bonds is 9. The highest BCUT2D eigenvalue weighted by atomic mass is 19.2. The van der Waals surface area contributed by atoms with Crippen molar-refractivity contribution in [2.75, 3.05) is 20.3 Å². The number of carbonyl (C=O) groups is 2. The van der Waals surface area contributed by atoms with E-state index in [0.717, 1.165) is 12.1 Å². The van der Waals surface area contributed by atoms with Crippen molar-refractivity contribution < 1.29 is 41.7 Å². The molecule has 2 saturated carbocycles. The minimum absolute atomic E-state index is 0.0434. The van der Waals surface area contributed by atoms with E-state index in [4.69, 9.17) is 15.2 Å². The first kappa shape index (κ1) is 30.0. The van der Waals surface area contributed by atoms with Crippen molar-refractivity contribution in [1.29, 1.82) is 0 Å². The van der Waals surface area contributed by atoms with Crippen molar-refractivity contribution in [1.82, 2.24) is 20.1 Å². The van der Waals surface area contributed by atoms with Crippen molar-refractivity contribution in [2.45, 2.75) is 49.4 Å². The lowest BCUT2D eigenvalue weighted by atomic mass is 9.81. The van der Waals surface area contributed by atoms with E-state index in [1.165, 1.54) is 43.1 Å². The Labute approximate surface area is 259 Å². The molecule has 1 aliphatic heterocycles. The number of aliphatic hydroxyl groups is 1. The molecule has 0 saturated heterocycles. The van der Waals surface area contributed by atoms with Crippen LogP contribution in [-0.2, 0) is 21.6 Å². The lowest BCUT2D eigenvalue weighted by Crippen LogP contribution is -2.44. The molecule has 2 aromatic heterocycles. The first-order valence-electron chi connectivity index (χ1n) is 14.7. The second-order valence-corrected chi connectivity index (χ2v) is 12.4. The Balaban J connectivity index is 1.27. The Bertz CT molecular complexity index is 1960. The van der Waals surface area contributed by atoms with E-state index in [9.17, 15) is 27.9 Å². The fourth-order valence-electron chi connectivity index (χ4n) is 5.95. The minimum atomic E-state index is -1.83. The highest BCUT2D eigenvalue weighted by molar-refractivity contribution is 6.00. The summed E-state index contributed by atoms with van der Waals surface area (Å²) in [6.45, 7) is 0.918. The Morgan fingerprint density at radius 1 is 1.20 bits per heavy atom. The SMILES string of the molecule is COc1cc(C(=O)NCC(O)(c2cc3c(c(-c4ccc(F)c(F)c4F)n2)OC[C@]3(C)C(N)=O)C2CC2)cc2cn(C3(F)CC3)nc12. The number of alkyl halides is 1. The van der Waals surface area contributed by atoms with Gasteiger partial charge < -0.3 is 25.6 Å². The maximum Gasteiger partial charge on any atom is 0.251 e. The summed E-state index contributed by atoms with van der Waals surface area (Å²) in [4.78, 5) is 30.5. The molecule has 2 atom stereocenters. The molecule has 0 bridgehead atoms. The van der Waals surface area contributed by atoms with Gasteiger partial charge >= 0.3 is 0 Å². The fourth-order valence-corrected chi connectivity index (χ4v) is 5.95. The molecule has 4 N–H and O–H groups in total. The van der Waals surface area contributed by atoms with Crippen LogP contribution in [-0.4, -0.2) is 51.9 Å². The zero-order chi connectivity index (χ0) is 32.8. The normalized spacial score (nSPS) is 20.9. The number of nitrogens with two attached hydrogens (primary N) is 1. The number of ether oxygens (including phenoxy) is 2. The molecule has 14 heteroatoms. The Morgan fingerprint density at radius 2 is 1.93 bits per heavy atom. The molecule has 0 spiro atoms. The van der Waals surface area contributed by atoms with Gasteiger partial charge in [0, 0.05) is 41.1 Å². The molecule has 7 rings (SSSR count). The maximum absolute atomic E-state index is 15.1. The van der Waals surface area contributed by atoms with Gasteiger partial charge in [-0.2, -0.15) is 5.10 Å². The third kappa shape index (κ3) is 4.57. The first-order chi connectivity index (χ1) is 21.8. The van der Waals surface area contributed by atoms with Crippen LogP contribution in [0.1, 0.15) is 54.2 Å². The molecular weight excluding hydrogens is 610 g/mol. The predicted molar refractivity (Wildman–Crippen MR) is 155 cm³/mol. The van der Waals surface area contributed by atoms with E-state index in [1.54, 1.807) is 0 Å². The molecule has 0 radical (unpaired) electrons. The second-order valence-electron chi connectivity index (χ2n) is 12.4. The number of primary amides is 1. The molecule has 2 aliphatic carbocycles. The molecule has 2 fully saturated rings. The largest absolute Gasteiger partial charge is 0.494 e. The lowest BCUT2D eigenvalue weighted by molar-refractivity contribution is -0.123. The predicted octanol–water partition coefficient (Wildman–Crippen LogP) is 4.10. The van der Waals surface area contributed by atoms with Crippen LogP contribution in [0.25, 0.3) is 22.2 Å². The zero-order valence-electron chi connectivity index (χ0n) is 24.8. The van der Waals surface area contributed by atoms with Crippen LogP contribution in [0, 0.1) is 23.4 Å². The van der Waals surface area contributed by atoms with Crippen molar-refractivity contribution in [3.8, 4) is 22.8 Å². The molecule has 3 aliphatic rings. The van der Waals surface area contributed by atoms with Crippen LogP contribution in [0.4, 0.5) is 17.6 Å². The van der Waals surface area contributed by atoms with E-state index in [-0.39, 0.29) is 47.2 Å². The van der Waals surface area contributed by atoms with Crippen LogP contribution in [0.3, 0.4) is 0 Å². The first-order valence-corrected chi connectivity index (χ1v) is 14.7. The number of nitrogens with zero attached hydrogens (tertiary/aromatic N) is 3. The number of amides is 2. The molecule has 4 aromatic rings. The van der Waals surface area contributed by atoms with Gasteiger partial charge in [-0.25, -0.2) is 27.2 Å². The fraction of sp³-hybridized carbons (Fsp3) is 0.375. The Hall–Kier alpha value is -4.72. The molecule has 2 amide bonds. The van der Waals surface area contributed by atoms with Gasteiger partial charge in [-0.3, -0.25) is 9.59 Å². The van der Waals surface area contributed by atoms with E-state index in [2.05, 4.69) is 15.4 Å². The minimum Gasteiger partial charge on any atom is -0.494 e. The number of benzene rings is 2. The van der Waals surface area contributed by atoms with Crippen molar-refractivity contribution >= 4 is 22.7 Å². The third-order valence-corrected chi connectivity index (χ3v) is 9.25. The molecule has 240 valence electrons. The summed E-state index contributed by atoms with van der Waals surface area (Å²) in [6.07, 6.45) is 3.30. The van der Waals surface area contributed by atoms with Gasteiger partial charge in [0.1, 0.15) is 40.3 Å². The molecule has 2 aromatic carbocycles. The summed E-state index contributed by atoms with van der Waals surface area (Å²) in [5, 5.41) is 19.6. The number of aromatic nitrogens is 3. The van der Waals surface area contributed by atoms with Gasteiger partial charge in [-0.05, 0) is 56.0 Å². The number of pyridine rings is 1. The average molecular weight is 640 g/mol. The summed E-state index contributed by atoms with van der Waals surface area (Å²) in [7, 11) is 1.40. The molecular formula is C32H29F4N5O5. The smallest absolute Gasteiger partial charge is 0.251 e. The highest BCUT2D eigenvalue weighted by Gasteiger charge is 2.50. The van der Waals surface area contributed by atoms with E-state index in [1.807, 2.05) is 0 Å². The summed E-state index contributed by atoms with van der Waals surface area (Å²) in [5.74, 6) is -7.77. The van der Waals surface area contributed by atoms with Crippen LogP contribution >= 0.6 is 0 Å². The number of methoxy groups -OCH3 is 1. The number of fused-ring (bicyclic) bond motifs is 2. The van der Waals surface area contributed by atoms with Gasteiger partial charge in [0.25, 0.3) is 5.91 Å². The van der Waals surface area contributed by atoms with Crippen molar-refractivity contribution in [2.24, 2.45) is 11.7 Å². The number of hydrogen-bond acceptors (Lipinski definition) is 7. The van der Waals surface area contributed by atoms with Gasteiger partial charge in [0.05, 0.1) is 19.3 Å². The maximum atomic E-state index is 15.1. The third-order valence-electron chi connectivity index (χ3n) is 9.25. The number of carbonyl (C=O) groups excluding carboxylic acids is 2. The Morgan fingerprint density at radius 3 is 2.59 bits per heavy atom. The van der Waals surface area contributed by atoms with E-state index in [0.29, 0.717) is 36.6 Å². The van der Waals surface area contributed by atoms with Crippen molar-refractivity contribution in [3.63, 3.8) is 0 Å². The summed E-state index contributed by atoms with van der Waals surface area (Å²) in [5.41, 5.74) is 2.45. The summed E-state index contributed by atoms with van der Waals surface area (Å²) < 4.78 is 70.3. The van der Waals surface area contributed by atoms with Gasteiger partial charge in [-0.1, -0.05) is 0 Å². The number of halogens is 4.